The predicted octanol–water partition coefficient (Wildman–Crippen LogP) is 2.99. The number of benzene rings is 1. The van der Waals surface area contributed by atoms with Crippen molar-refractivity contribution >= 4 is 12.1 Å². The number of carboxylic acids is 1. The summed E-state index contributed by atoms with van der Waals surface area (Å²) in [4.78, 5) is 22.5. The summed E-state index contributed by atoms with van der Waals surface area (Å²) in [6.07, 6.45) is 0.0703. The number of carboxylic acid groups (broad SMARTS) is 1. The molecule has 1 amide bonds. The van der Waals surface area contributed by atoms with Crippen molar-refractivity contribution in [3.8, 4) is 5.75 Å². The minimum Gasteiger partial charge on any atom is -0.493 e. The Morgan fingerprint density at radius 1 is 1.27 bits per heavy atom. The molecule has 1 rings (SSSR count). The molecule has 0 spiro atoms. The van der Waals surface area contributed by atoms with E-state index in [-0.39, 0.29) is 5.56 Å². The quantitative estimate of drug-likeness (QED) is 0.789. The van der Waals surface area contributed by atoms with Crippen LogP contribution in [-0.2, 0) is 4.74 Å². The maximum atomic E-state index is 11.4. The number of hydrogen-bond donors (Lipinski definition) is 2. The number of hydrogen-bond acceptors (Lipinski definition) is 4. The lowest BCUT2D eigenvalue weighted by Gasteiger charge is -2.19. The van der Waals surface area contributed by atoms with Crippen LogP contribution in [0.4, 0.5) is 4.79 Å². The largest absolute Gasteiger partial charge is 0.493 e. The lowest BCUT2D eigenvalue weighted by Crippen LogP contribution is -2.33. The lowest BCUT2D eigenvalue weighted by atomic mass is 10.1. The van der Waals surface area contributed by atoms with Crippen LogP contribution in [0, 0.1) is 6.92 Å². The van der Waals surface area contributed by atoms with Gasteiger partial charge in [0.2, 0.25) is 0 Å². The van der Waals surface area contributed by atoms with Crippen molar-refractivity contribution in [1.29, 1.82) is 0 Å². The fourth-order valence-corrected chi connectivity index (χ4v) is 1.68. The van der Waals surface area contributed by atoms with Gasteiger partial charge in [-0.2, -0.15) is 0 Å². The molecule has 1 aromatic rings. The van der Waals surface area contributed by atoms with Crippen LogP contribution in [0.2, 0.25) is 0 Å². The summed E-state index contributed by atoms with van der Waals surface area (Å²) < 4.78 is 10.6. The van der Waals surface area contributed by atoms with Gasteiger partial charge in [-0.15, -0.1) is 0 Å². The average Bonchev–Trinajstić information content (AvgIpc) is 2.35. The van der Waals surface area contributed by atoms with E-state index in [4.69, 9.17) is 14.6 Å². The van der Waals surface area contributed by atoms with Gasteiger partial charge in [0, 0.05) is 6.54 Å². The molecule has 0 aromatic heterocycles. The van der Waals surface area contributed by atoms with Crippen molar-refractivity contribution in [2.45, 2.75) is 39.7 Å². The highest BCUT2D eigenvalue weighted by Crippen LogP contribution is 2.20. The zero-order valence-corrected chi connectivity index (χ0v) is 13.4. The highest BCUT2D eigenvalue weighted by molar-refractivity contribution is 5.90. The van der Waals surface area contributed by atoms with Crippen molar-refractivity contribution in [2.75, 3.05) is 13.2 Å². The second-order valence-electron chi connectivity index (χ2n) is 5.94. The maximum absolute atomic E-state index is 11.4. The minimum atomic E-state index is -1.03. The maximum Gasteiger partial charge on any atom is 0.407 e. The van der Waals surface area contributed by atoms with Crippen LogP contribution in [0.1, 0.15) is 43.1 Å². The molecule has 6 heteroatoms. The van der Waals surface area contributed by atoms with E-state index in [1.54, 1.807) is 32.9 Å². The SMILES string of the molecule is Cc1ccc(C(=O)O)c(OCCCNC(=O)OC(C)(C)C)c1. The van der Waals surface area contributed by atoms with Gasteiger partial charge in [-0.1, -0.05) is 6.07 Å². The van der Waals surface area contributed by atoms with E-state index in [1.807, 2.05) is 6.92 Å². The molecule has 0 aliphatic heterocycles. The number of aryl methyl sites for hydroxylation is 1. The van der Waals surface area contributed by atoms with Gasteiger partial charge in [-0.25, -0.2) is 9.59 Å². The first-order valence-corrected chi connectivity index (χ1v) is 7.12. The smallest absolute Gasteiger partial charge is 0.407 e. The molecular weight excluding hydrogens is 286 g/mol. The Morgan fingerprint density at radius 3 is 2.55 bits per heavy atom. The monoisotopic (exact) mass is 309 g/mol. The van der Waals surface area contributed by atoms with Crippen LogP contribution in [0.3, 0.4) is 0 Å². The fourth-order valence-electron chi connectivity index (χ4n) is 1.68. The molecule has 0 radical (unpaired) electrons. The summed E-state index contributed by atoms with van der Waals surface area (Å²) in [6.45, 7) is 7.94. The Balaban J connectivity index is 2.38. The second-order valence-corrected chi connectivity index (χ2v) is 5.94. The van der Waals surface area contributed by atoms with Gasteiger partial charge in [0.15, 0.2) is 0 Å². The van der Waals surface area contributed by atoms with Crippen LogP contribution in [-0.4, -0.2) is 35.9 Å². The zero-order chi connectivity index (χ0) is 16.8. The molecule has 0 atom stereocenters. The summed E-state index contributed by atoms with van der Waals surface area (Å²) in [6, 6.07) is 4.93. The summed E-state index contributed by atoms with van der Waals surface area (Å²) in [5.41, 5.74) is 0.524. The van der Waals surface area contributed by atoms with Crippen LogP contribution in [0.15, 0.2) is 18.2 Å². The molecule has 0 unspecified atom stereocenters. The number of aromatic carboxylic acids is 1. The highest BCUT2D eigenvalue weighted by atomic mass is 16.6. The molecule has 0 fully saturated rings. The van der Waals surface area contributed by atoms with Gasteiger partial charge in [-0.05, 0) is 51.8 Å². The van der Waals surface area contributed by atoms with Crippen molar-refractivity contribution < 1.29 is 24.2 Å². The van der Waals surface area contributed by atoms with Gasteiger partial charge in [-0.3, -0.25) is 0 Å². The van der Waals surface area contributed by atoms with E-state index in [1.165, 1.54) is 6.07 Å². The summed E-state index contributed by atoms with van der Waals surface area (Å²) in [5.74, 6) is -0.688. The van der Waals surface area contributed by atoms with Gasteiger partial charge < -0.3 is 19.9 Å². The molecule has 0 bridgehead atoms. The molecule has 0 aliphatic carbocycles. The number of carbonyl (C=O) groups is 2. The lowest BCUT2D eigenvalue weighted by molar-refractivity contribution is 0.0525. The summed E-state index contributed by atoms with van der Waals surface area (Å²) in [5, 5.41) is 11.7. The standard InChI is InChI=1S/C16H23NO5/c1-11-6-7-12(14(18)19)13(10-11)21-9-5-8-17-15(20)22-16(2,3)4/h6-7,10H,5,8-9H2,1-4H3,(H,17,20)(H,18,19). The fraction of sp³-hybridized carbons (Fsp3) is 0.500. The van der Waals surface area contributed by atoms with Crippen LogP contribution in [0.5, 0.6) is 5.75 Å². The van der Waals surface area contributed by atoms with E-state index in [0.717, 1.165) is 5.56 Å². The minimum absolute atomic E-state index is 0.130. The number of nitrogens with one attached hydrogen (secondary N) is 1. The Kier molecular flexibility index (Phi) is 6.22. The molecule has 0 heterocycles. The first kappa shape index (κ1) is 17.8. The first-order valence-electron chi connectivity index (χ1n) is 7.12. The number of rotatable bonds is 6. The van der Waals surface area contributed by atoms with Crippen molar-refractivity contribution in [3.63, 3.8) is 0 Å². The molecule has 122 valence electrons. The highest BCUT2D eigenvalue weighted by Gasteiger charge is 2.15. The van der Waals surface area contributed by atoms with E-state index < -0.39 is 17.7 Å². The summed E-state index contributed by atoms with van der Waals surface area (Å²) >= 11 is 0. The molecule has 0 saturated carbocycles. The Labute approximate surface area is 130 Å². The number of ether oxygens (including phenoxy) is 2. The van der Waals surface area contributed by atoms with Crippen molar-refractivity contribution in [1.82, 2.24) is 5.32 Å². The zero-order valence-electron chi connectivity index (χ0n) is 13.4. The van der Waals surface area contributed by atoms with E-state index >= 15 is 0 Å². The predicted molar refractivity (Wildman–Crippen MR) is 82.5 cm³/mol. The number of amides is 1. The third-order valence-electron chi connectivity index (χ3n) is 2.61. The van der Waals surface area contributed by atoms with Gasteiger partial charge in [0.1, 0.15) is 16.9 Å². The number of alkyl carbamates (subject to hydrolysis) is 1. The van der Waals surface area contributed by atoms with Gasteiger partial charge in [0.05, 0.1) is 6.61 Å². The third-order valence-corrected chi connectivity index (χ3v) is 2.61. The molecule has 6 nitrogen and oxygen atoms in total. The van der Waals surface area contributed by atoms with Gasteiger partial charge >= 0.3 is 12.1 Å². The van der Waals surface area contributed by atoms with Crippen LogP contribution < -0.4 is 10.1 Å². The van der Waals surface area contributed by atoms with E-state index in [2.05, 4.69) is 5.32 Å². The van der Waals surface area contributed by atoms with E-state index in [0.29, 0.717) is 25.3 Å². The molecular formula is C16H23NO5. The first-order chi connectivity index (χ1) is 10.2. The molecule has 1 aromatic carbocycles. The molecule has 0 aliphatic rings. The summed E-state index contributed by atoms with van der Waals surface area (Å²) in [7, 11) is 0. The average molecular weight is 309 g/mol. The van der Waals surface area contributed by atoms with Gasteiger partial charge in [0.25, 0.3) is 0 Å². The number of carbonyl (C=O) groups excluding carboxylic acids is 1. The molecule has 2 N–H and O–H groups in total. The van der Waals surface area contributed by atoms with Crippen LogP contribution >= 0.6 is 0 Å². The normalized spacial score (nSPS) is 10.9. The topological polar surface area (TPSA) is 84.9 Å². The molecule has 0 saturated heterocycles. The third kappa shape index (κ3) is 6.47. The Bertz CT molecular complexity index is 534. The van der Waals surface area contributed by atoms with E-state index in [9.17, 15) is 9.59 Å². The Morgan fingerprint density at radius 2 is 1.95 bits per heavy atom. The Hall–Kier alpha value is -2.24. The van der Waals surface area contributed by atoms with Crippen molar-refractivity contribution in [3.05, 3.63) is 29.3 Å². The van der Waals surface area contributed by atoms with Crippen molar-refractivity contribution in [2.24, 2.45) is 0 Å². The van der Waals surface area contributed by atoms with Crippen LogP contribution in [0.25, 0.3) is 0 Å². The molecule has 22 heavy (non-hydrogen) atoms. The second kappa shape index (κ2) is 7.68.